The topological polar surface area (TPSA) is 43.6 Å². The Morgan fingerprint density at radius 2 is 0.703 bits per heavy atom. The van der Waals surface area contributed by atoms with Crippen molar-refractivity contribution in [1.29, 1.82) is 0 Å². The number of benzene rings is 10. The Labute approximate surface area is 373 Å². The molecule has 0 aliphatic carbocycles. The number of rotatable bonds is 6. The summed E-state index contributed by atoms with van der Waals surface area (Å²) in [6.45, 7) is 0. The average molecular weight is 833 g/mol. The van der Waals surface area contributed by atoms with E-state index in [1.165, 1.54) is 53.1 Å². The van der Waals surface area contributed by atoms with Crippen molar-refractivity contribution in [2.24, 2.45) is 0 Å². The molecule has 0 amide bonds. The molecule has 0 atom stereocenters. The molecule has 0 saturated heterocycles. The van der Waals surface area contributed by atoms with Gasteiger partial charge in [-0.15, -0.1) is 11.3 Å². The molecule has 0 aliphatic rings. The van der Waals surface area contributed by atoms with Gasteiger partial charge in [0.1, 0.15) is 0 Å². The Kier molecular flexibility index (Phi) is 8.36. The summed E-state index contributed by atoms with van der Waals surface area (Å²) in [7, 11) is 0. The van der Waals surface area contributed by atoms with Crippen molar-refractivity contribution >= 4 is 74.9 Å². The summed E-state index contributed by atoms with van der Waals surface area (Å²) >= 11 is 1.79. The molecule has 13 rings (SSSR count). The van der Waals surface area contributed by atoms with Crippen LogP contribution in [0.3, 0.4) is 0 Å². The van der Waals surface area contributed by atoms with Crippen molar-refractivity contribution in [2.75, 3.05) is 0 Å². The number of nitrogens with zero attached hydrogens (tertiary/aromatic N) is 4. The molecule has 298 valence electrons. The maximum absolute atomic E-state index is 5.40. The highest BCUT2D eigenvalue weighted by molar-refractivity contribution is 7.26. The van der Waals surface area contributed by atoms with Crippen LogP contribution in [0.2, 0.25) is 0 Å². The van der Waals surface area contributed by atoms with Crippen LogP contribution in [0.5, 0.6) is 0 Å². The van der Waals surface area contributed by atoms with E-state index in [4.69, 9.17) is 15.0 Å². The van der Waals surface area contributed by atoms with Gasteiger partial charge in [-0.05, 0) is 92.3 Å². The van der Waals surface area contributed by atoms with E-state index in [9.17, 15) is 0 Å². The van der Waals surface area contributed by atoms with Gasteiger partial charge in [0.05, 0.1) is 11.0 Å². The largest absolute Gasteiger partial charge is 0.309 e. The summed E-state index contributed by atoms with van der Waals surface area (Å²) in [5.41, 5.74) is 11.1. The Hall–Kier alpha value is -8.25. The van der Waals surface area contributed by atoms with Gasteiger partial charge in [-0.2, -0.15) is 0 Å². The highest BCUT2D eigenvalue weighted by Crippen LogP contribution is 2.42. The van der Waals surface area contributed by atoms with E-state index >= 15 is 0 Å². The third kappa shape index (κ3) is 5.79. The van der Waals surface area contributed by atoms with Gasteiger partial charge in [-0.3, -0.25) is 0 Å². The zero-order valence-electron chi connectivity index (χ0n) is 34.5. The van der Waals surface area contributed by atoms with Gasteiger partial charge in [0.25, 0.3) is 0 Å². The first-order valence-corrected chi connectivity index (χ1v) is 22.4. The molecular formula is C59H36N4S. The smallest absolute Gasteiger partial charge is 0.165 e. The fourth-order valence-electron chi connectivity index (χ4n) is 9.76. The van der Waals surface area contributed by atoms with Crippen molar-refractivity contribution in [3.8, 4) is 62.1 Å². The predicted octanol–water partition coefficient (Wildman–Crippen LogP) is 16.0. The Morgan fingerprint density at radius 1 is 0.281 bits per heavy atom. The average Bonchev–Trinajstić information content (AvgIpc) is 3.92. The third-order valence-electron chi connectivity index (χ3n) is 12.7. The number of hydrogen-bond acceptors (Lipinski definition) is 4. The minimum atomic E-state index is 0.638. The highest BCUT2D eigenvalue weighted by Gasteiger charge is 2.21. The van der Waals surface area contributed by atoms with E-state index in [1.54, 1.807) is 11.3 Å². The van der Waals surface area contributed by atoms with Gasteiger partial charge in [0.2, 0.25) is 0 Å². The molecule has 10 aromatic carbocycles. The zero-order chi connectivity index (χ0) is 42.1. The monoisotopic (exact) mass is 832 g/mol. The fourth-order valence-corrected chi connectivity index (χ4v) is 11.0. The molecule has 0 unspecified atom stereocenters. The molecule has 0 aliphatic heterocycles. The van der Waals surface area contributed by atoms with Crippen LogP contribution in [0.15, 0.2) is 218 Å². The first-order valence-electron chi connectivity index (χ1n) is 21.6. The lowest BCUT2D eigenvalue weighted by Crippen LogP contribution is -2.01. The van der Waals surface area contributed by atoms with Crippen molar-refractivity contribution in [1.82, 2.24) is 19.5 Å². The van der Waals surface area contributed by atoms with Crippen molar-refractivity contribution in [3.05, 3.63) is 218 Å². The van der Waals surface area contributed by atoms with Crippen molar-refractivity contribution < 1.29 is 0 Å². The fraction of sp³-hybridized carbons (Fsp3) is 0. The maximum Gasteiger partial charge on any atom is 0.165 e. The number of thiophene rings is 1. The van der Waals surface area contributed by atoms with Crippen LogP contribution in [0.1, 0.15) is 0 Å². The maximum atomic E-state index is 5.40. The van der Waals surface area contributed by atoms with Gasteiger partial charge in [-0.1, -0.05) is 170 Å². The first kappa shape index (κ1) is 36.4. The van der Waals surface area contributed by atoms with Crippen LogP contribution in [0.4, 0.5) is 0 Å². The number of aromatic nitrogens is 4. The number of hydrogen-bond donors (Lipinski definition) is 0. The molecule has 3 heterocycles. The van der Waals surface area contributed by atoms with Crippen molar-refractivity contribution in [3.63, 3.8) is 0 Å². The lowest BCUT2D eigenvalue weighted by Gasteiger charge is -2.15. The van der Waals surface area contributed by atoms with Crippen LogP contribution >= 0.6 is 11.3 Å². The van der Waals surface area contributed by atoms with Gasteiger partial charge in [0, 0.05) is 53.3 Å². The quantitative estimate of drug-likeness (QED) is 0.168. The molecular weight excluding hydrogens is 797 g/mol. The summed E-state index contributed by atoms with van der Waals surface area (Å²) in [5, 5.41) is 9.43. The number of fused-ring (bicyclic) bond motifs is 8. The molecule has 3 aromatic heterocycles. The van der Waals surface area contributed by atoms with Gasteiger partial charge >= 0.3 is 0 Å². The minimum Gasteiger partial charge on any atom is -0.309 e. The van der Waals surface area contributed by atoms with Crippen LogP contribution in [-0.4, -0.2) is 19.5 Å². The van der Waals surface area contributed by atoms with E-state index in [1.807, 2.05) is 0 Å². The second-order valence-corrected chi connectivity index (χ2v) is 17.3. The molecule has 0 fully saturated rings. The molecule has 0 radical (unpaired) electrons. The summed E-state index contributed by atoms with van der Waals surface area (Å²) in [6, 6.07) is 78.0. The van der Waals surface area contributed by atoms with Gasteiger partial charge in [-0.25, -0.2) is 15.0 Å². The normalized spacial score (nSPS) is 11.8. The second kappa shape index (κ2) is 14.7. The molecule has 5 heteroatoms. The molecule has 0 spiro atoms. The van der Waals surface area contributed by atoms with Gasteiger partial charge < -0.3 is 4.57 Å². The van der Waals surface area contributed by atoms with Crippen LogP contribution in [0, 0.1) is 0 Å². The summed E-state index contributed by atoms with van der Waals surface area (Å²) in [4.78, 5) is 16.2. The Balaban J connectivity index is 0.991. The second-order valence-electron chi connectivity index (χ2n) is 16.3. The van der Waals surface area contributed by atoms with E-state index in [0.29, 0.717) is 17.5 Å². The standard InChI is InChI=1S/C59H36N4S/c1-2-15-37(16-3-1)40-33-35-50(44-19-6-4-17-42(40)44)57-60-58(62-59(61-57)52-25-14-24-49-48-23-10-13-28-55(48)64-56(49)52)51-36-34-41(43-18-5-7-20-45(43)51)38-29-31-39(32-30-38)63-53-26-11-8-21-46(53)47-22-9-12-27-54(47)63/h1-36H. The van der Waals surface area contributed by atoms with Gasteiger partial charge in [0.15, 0.2) is 17.5 Å². The van der Waals surface area contributed by atoms with E-state index in [2.05, 4.69) is 223 Å². The van der Waals surface area contributed by atoms with E-state index in [-0.39, 0.29) is 0 Å². The summed E-state index contributed by atoms with van der Waals surface area (Å²) in [5.74, 6) is 1.93. The lowest BCUT2D eigenvalue weighted by molar-refractivity contribution is 1.08. The zero-order valence-corrected chi connectivity index (χ0v) is 35.3. The SMILES string of the molecule is c1ccc(-c2ccc(-c3nc(-c4ccc(-c5ccc(-n6c7ccccc7c7ccccc76)cc5)c5ccccc45)nc(-c4cccc5c4sc4ccccc45)n3)c3ccccc23)cc1. The molecule has 0 saturated carbocycles. The molecule has 64 heavy (non-hydrogen) atoms. The Bertz CT molecular complexity index is 3900. The van der Waals surface area contributed by atoms with Crippen LogP contribution in [0.25, 0.3) is 126 Å². The first-order chi connectivity index (χ1) is 31.7. The number of para-hydroxylation sites is 2. The van der Waals surface area contributed by atoms with Crippen LogP contribution in [-0.2, 0) is 0 Å². The van der Waals surface area contributed by atoms with E-state index in [0.717, 1.165) is 55.0 Å². The molecule has 0 bridgehead atoms. The molecule has 0 N–H and O–H groups in total. The third-order valence-corrected chi connectivity index (χ3v) is 13.9. The lowest BCUT2D eigenvalue weighted by atomic mass is 9.94. The summed E-state index contributed by atoms with van der Waals surface area (Å²) < 4.78 is 4.77. The summed E-state index contributed by atoms with van der Waals surface area (Å²) in [6.07, 6.45) is 0. The Morgan fingerprint density at radius 3 is 1.28 bits per heavy atom. The minimum absolute atomic E-state index is 0.638. The van der Waals surface area contributed by atoms with Crippen LogP contribution < -0.4 is 0 Å². The molecule has 13 aromatic rings. The van der Waals surface area contributed by atoms with E-state index < -0.39 is 0 Å². The molecule has 4 nitrogen and oxygen atoms in total. The van der Waals surface area contributed by atoms with Crippen molar-refractivity contribution in [2.45, 2.75) is 0 Å². The predicted molar refractivity (Wildman–Crippen MR) is 269 cm³/mol. The highest BCUT2D eigenvalue weighted by atomic mass is 32.1.